The Bertz CT molecular complexity index is 3050. The average Bonchev–Trinajstić information content (AvgIpc) is 3.81. The van der Waals surface area contributed by atoms with Gasteiger partial charge in [0.1, 0.15) is 11.2 Å². The molecule has 0 saturated carbocycles. The molecule has 1 aliphatic carbocycles. The molecule has 0 bridgehead atoms. The van der Waals surface area contributed by atoms with Gasteiger partial charge in [0.15, 0.2) is 0 Å². The van der Waals surface area contributed by atoms with Crippen molar-refractivity contribution in [3.05, 3.63) is 181 Å². The van der Waals surface area contributed by atoms with E-state index in [0.29, 0.717) is 0 Å². The van der Waals surface area contributed by atoms with Gasteiger partial charge in [0.2, 0.25) is 0 Å². The molecule has 0 saturated heterocycles. The normalized spacial score (nSPS) is 13.3. The molecule has 0 unspecified atom stereocenters. The maximum atomic E-state index is 6.21. The second kappa shape index (κ2) is 10.7. The van der Waals surface area contributed by atoms with Crippen molar-refractivity contribution in [2.24, 2.45) is 0 Å². The average molecular weight is 667 g/mol. The number of rotatable bonds is 4. The Kier molecular flexibility index (Phi) is 6.01. The van der Waals surface area contributed by atoms with Crippen LogP contribution >= 0.6 is 0 Å². The number of anilines is 3. The largest absolute Gasteiger partial charge is 0.456 e. The number of aromatic nitrogens is 1. The second-order valence-corrected chi connectivity index (χ2v) is 14.6. The van der Waals surface area contributed by atoms with Crippen LogP contribution in [0.2, 0.25) is 0 Å². The van der Waals surface area contributed by atoms with Crippen LogP contribution in [0, 0.1) is 0 Å². The highest BCUT2D eigenvalue weighted by Gasteiger charge is 2.36. The summed E-state index contributed by atoms with van der Waals surface area (Å²) in [5.74, 6) is 0. The topological polar surface area (TPSA) is 21.3 Å². The Morgan fingerprint density at radius 3 is 1.98 bits per heavy atom. The first-order valence-electron chi connectivity index (χ1n) is 18.0. The van der Waals surface area contributed by atoms with Gasteiger partial charge in [-0.05, 0) is 94.4 Å². The maximum Gasteiger partial charge on any atom is 0.135 e. The minimum absolute atomic E-state index is 0.218. The van der Waals surface area contributed by atoms with Gasteiger partial charge in [-0.3, -0.25) is 0 Å². The number of nitrogens with zero attached hydrogens (tertiary/aromatic N) is 2. The Labute approximate surface area is 301 Å². The van der Waals surface area contributed by atoms with Gasteiger partial charge in [0.05, 0.1) is 11.0 Å². The van der Waals surface area contributed by atoms with Gasteiger partial charge in [-0.2, -0.15) is 0 Å². The molecule has 0 atom stereocenters. The maximum absolute atomic E-state index is 6.21. The molecule has 0 radical (unpaired) electrons. The van der Waals surface area contributed by atoms with E-state index in [9.17, 15) is 0 Å². The second-order valence-electron chi connectivity index (χ2n) is 14.6. The lowest BCUT2D eigenvalue weighted by molar-refractivity contribution is 0.660. The predicted molar refractivity (Wildman–Crippen MR) is 218 cm³/mol. The molecule has 3 heteroatoms. The predicted octanol–water partition coefficient (Wildman–Crippen LogP) is 13.6. The number of hydrogen-bond donors (Lipinski definition) is 0. The lowest BCUT2D eigenvalue weighted by Gasteiger charge is -2.28. The van der Waals surface area contributed by atoms with E-state index >= 15 is 0 Å². The highest BCUT2D eigenvalue weighted by Crippen LogP contribution is 2.52. The Hall–Kier alpha value is -6.58. The summed E-state index contributed by atoms with van der Waals surface area (Å²) in [4.78, 5) is 2.37. The van der Waals surface area contributed by atoms with Crippen molar-refractivity contribution in [2.75, 3.05) is 4.90 Å². The summed E-state index contributed by atoms with van der Waals surface area (Å²) < 4.78 is 8.68. The minimum Gasteiger partial charge on any atom is -0.456 e. The van der Waals surface area contributed by atoms with E-state index in [1.165, 1.54) is 60.5 Å². The molecule has 0 spiro atoms. The molecule has 8 aromatic carbocycles. The minimum atomic E-state index is -0.218. The zero-order chi connectivity index (χ0) is 34.6. The van der Waals surface area contributed by atoms with Crippen LogP contribution in [0.4, 0.5) is 17.1 Å². The van der Waals surface area contributed by atoms with E-state index in [4.69, 9.17) is 4.42 Å². The van der Waals surface area contributed by atoms with Crippen molar-refractivity contribution < 1.29 is 4.42 Å². The molecule has 3 nitrogen and oxygen atoms in total. The fraction of sp³-hybridized carbons (Fsp3) is 0.0612. The zero-order valence-electron chi connectivity index (χ0n) is 29.0. The van der Waals surface area contributed by atoms with E-state index in [1.807, 2.05) is 12.1 Å². The van der Waals surface area contributed by atoms with Crippen molar-refractivity contribution in [2.45, 2.75) is 19.3 Å². The molecule has 0 aliphatic heterocycles. The first-order chi connectivity index (χ1) is 25.5. The summed E-state index contributed by atoms with van der Waals surface area (Å²) in [5, 5.41) is 7.33. The van der Waals surface area contributed by atoms with E-state index in [-0.39, 0.29) is 5.41 Å². The summed E-state index contributed by atoms with van der Waals surface area (Å²) >= 11 is 0. The number of furan rings is 1. The van der Waals surface area contributed by atoms with Crippen LogP contribution in [0.1, 0.15) is 25.0 Å². The summed E-state index contributed by atoms with van der Waals surface area (Å²) in [6.45, 7) is 4.76. The molecular weight excluding hydrogens is 633 g/mol. The van der Waals surface area contributed by atoms with Crippen molar-refractivity contribution in [3.63, 3.8) is 0 Å². The highest BCUT2D eigenvalue weighted by molar-refractivity contribution is 6.18. The van der Waals surface area contributed by atoms with Crippen LogP contribution in [-0.2, 0) is 5.41 Å². The van der Waals surface area contributed by atoms with E-state index in [1.54, 1.807) is 0 Å². The fourth-order valence-electron chi connectivity index (χ4n) is 8.87. The third kappa shape index (κ3) is 4.08. The number of hydrogen-bond acceptors (Lipinski definition) is 2. The lowest BCUT2D eigenvalue weighted by atomic mass is 9.82. The molecule has 11 rings (SSSR count). The van der Waals surface area contributed by atoms with Crippen LogP contribution in [0.25, 0.3) is 71.3 Å². The van der Waals surface area contributed by atoms with Gasteiger partial charge in [-0.1, -0.05) is 117 Å². The molecule has 0 amide bonds. The van der Waals surface area contributed by atoms with Crippen molar-refractivity contribution in [3.8, 4) is 16.8 Å². The summed E-state index contributed by atoms with van der Waals surface area (Å²) in [6.07, 6.45) is 0. The van der Waals surface area contributed by atoms with Crippen LogP contribution in [0.15, 0.2) is 174 Å². The fourth-order valence-corrected chi connectivity index (χ4v) is 8.87. The van der Waals surface area contributed by atoms with Gasteiger partial charge in [-0.25, -0.2) is 0 Å². The number of benzene rings is 8. The standard InChI is InChI=1S/C49H34N2O/c1-49(2)43-29-34(50(32-13-4-3-5-14-32)33-23-27-47-42(28-33)40-17-9-11-19-46(40)52-47)21-25-37(43)38-26-22-35(30-44(38)49)51-45-18-10-8-16-39(45)41-24-20-31-12-6-7-15-36(31)48(41)51/h3-30H,1-2H3. The molecule has 0 fully saturated rings. The molecular formula is C49H34N2O. The molecule has 2 aromatic heterocycles. The van der Waals surface area contributed by atoms with E-state index < -0.39 is 0 Å². The van der Waals surface area contributed by atoms with Gasteiger partial charge in [0.25, 0.3) is 0 Å². The van der Waals surface area contributed by atoms with Crippen molar-refractivity contribution >= 4 is 71.6 Å². The van der Waals surface area contributed by atoms with E-state index in [0.717, 1.165) is 39.0 Å². The first kappa shape index (κ1) is 29.2. The van der Waals surface area contributed by atoms with Crippen molar-refractivity contribution in [1.29, 1.82) is 0 Å². The monoisotopic (exact) mass is 666 g/mol. The van der Waals surface area contributed by atoms with Crippen LogP contribution in [0.5, 0.6) is 0 Å². The first-order valence-corrected chi connectivity index (χ1v) is 18.0. The molecule has 0 N–H and O–H groups in total. The van der Waals surface area contributed by atoms with Gasteiger partial charge in [-0.15, -0.1) is 0 Å². The lowest BCUT2D eigenvalue weighted by Crippen LogP contribution is -2.17. The molecule has 52 heavy (non-hydrogen) atoms. The smallest absolute Gasteiger partial charge is 0.135 e. The Morgan fingerprint density at radius 2 is 1.12 bits per heavy atom. The third-order valence-corrected chi connectivity index (χ3v) is 11.4. The highest BCUT2D eigenvalue weighted by atomic mass is 16.3. The summed E-state index contributed by atoms with van der Waals surface area (Å²) in [7, 11) is 0. The zero-order valence-corrected chi connectivity index (χ0v) is 29.0. The summed E-state index contributed by atoms with van der Waals surface area (Å²) in [6, 6.07) is 61.7. The molecule has 10 aromatic rings. The van der Waals surface area contributed by atoms with E-state index in [2.05, 4.69) is 181 Å². The van der Waals surface area contributed by atoms with Crippen molar-refractivity contribution in [1.82, 2.24) is 4.57 Å². The molecule has 1 aliphatic rings. The Morgan fingerprint density at radius 1 is 0.462 bits per heavy atom. The Balaban J connectivity index is 1.08. The summed E-state index contributed by atoms with van der Waals surface area (Å²) in [5.41, 5.74) is 13.9. The third-order valence-electron chi connectivity index (χ3n) is 11.4. The quantitative estimate of drug-likeness (QED) is 0.186. The number of fused-ring (bicyclic) bond motifs is 11. The number of para-hydroxylation sites is 3. The molecule has 2 heterocycles. The SMILES string of the molecule is CC1(C)c2cc(N(c3ccccc3)c3ccc4oc5ccccc5c4c3)ccc2-c2ccc(-n3c4ccccc4c4ccc5ccccc5c43)cc21. The molecule has 246 valence electrons. The van der Waals surface area contributed by atoms with Gasteiger partial charge < -0.3 is 13.9 Å². The van der Waals surface area contributed by atoms with Gasteiger partial charge >= 0.3 is 0 Å². The van der Waals surface area contributed by atoms with Crippen LogP contribution in [-0.4, -0.2) is 4.57 Å². The van der Waals surface area contributed by atoms with Crippen LogP contribution in [0.3, 0.4) is 0 Å². The van der Waals surface area contributed by atoms with Crippen LogP contribution < -0.4 is 4.90 Å². The van der Waals surface area contributed by atoms with Gasteiger partial charge in [0, 0.05) is 55.1 Å².